The number of halogens is 1. The molecule has 0 saturated heterocycles. The fourth-order valence-corrected chi connectivity index (χ4v) is 5.19. The molecule has 1 N–H and O–H groups in total. The second-order valence-electron chi connectivity index (χ2n) is 8.43. The number of carbonyl (C=O) groups excluding carboxylic acids is 2. The normalized spacial score (nSPS) is 18.3. The molecule has 0 saturated carbocycles. The number of esters is 2. The molecule has 0 amide bonds. The summed E-state index contributed by atoms with van der Waals surface area (Å²) in [5.74, 6) is -1.21. The minimum absolute atomic E-state index is 0.127. The molecule has 2 aliphatic rings. The summed E-state index contributed by atoms with van der Waals surface area (Å²) in [6.45, 7) is 1.59. The largest absolute Gasteiger partial charge is 0.457 e. The highest BCUT2D eigenvalue weighted by Crippen LogP contribution is 2.42. The lowest BCUT2D eigenvalue weighted by Crippen LogP contribution is -2.47. The minimum atomic E-state index is -1.69. The van der Waals surface area contributed by atoms with Crippen LogP contribution >= 0.6 is 15.9 Å². The van der Waals surface area contributed by atoms with E-state index >= 15 is 0 Å². The van der Waals surface area contributed by atoms with Crippen molar-refractivity contribution in [1.29, 1.82) is 0 Å². The van der Waals surface area contributed by atoms with Gasteiger partial charge in [-0.3, -0.25) is 9.59 Å². The maximum Gasteiger partial charge on any atom is 0.355 e. The van der Waals surface area contributed by atoms with Crippen molar-refractivity contribution in [3.8, 4) is 11.4 Å². The van der Waals surface area contributed by atoms with E-state index in [1.165, 1.54) is 0 Å². The number of benzene rings is 1. The average molecular weight is 527 g/mol. The van der Waals surface area contributed by atoms with Crippen molar-refractivity contribution in [3.05, 3.63) is 62.9 Å². The van der Waals surface area contributed by atoms with Crippen molar-refractivity contribution in [1.82, 2.24) is 9.55 Å². The molecule has 5 rings (SSSR count). The molecule has 2 aromatic heterocycles. The highest BCUT2D eigenvalue weighted by Gasteiger charge is 2.50. The van der Waals surface area contributed by atoms with E-state index in [-0.39, 0.29) is 38.2 Å². The Labute approximate surface area is 203 Å². The van der Waals surface area contributed by atoms with Gasteiger partial charge in [-0.1, -0.05) is 41.1 Å². The number of hydrogen-bond acceptors (Lipinski definition) is 7. The third-order valence-corrected chi connectivity index (χ3v) is 7.20. The van der Waals surface area contributed by atoms with Crippen LogP contribution in [0.3, 0.4) is 0 Å². The highest BCUT2D eigenvalue weighted by atomic mass is 79.9. The monoisotopic (exact) mass is 526 g/mol. The first-order valence-corrected chi connectivity index (χ1v) is 12.3. The van der Waals surface area contributed by atoms with Crippen molar-refractivity contribution in [3.63, 3.8) is 0 Å². The predicted octanol–water partition coefficient (Wildman–Crippen LogP) is 3.30. The molecule has 0 bridgehead atoms. The zero-order valence-corrected chi connectivity index (χ0v) is 20.2. The highest BCUT2D eigenvalue weighted by molar-refractivity contribution is 9.09. The maximum absolute atomic E-state index is 13.6. The topological polar surface area (TPSA) is 108 Å². The van der Waals surface area contributed by atoms with Crippen LogP contribution in [0.4, 0.5) is 0 Å². The number of para-hydroxylation sites is 1. The number of rotatable bonds is 6. The van der Waals surface area contributed by atoms with Crippen LogP contribution in [0, 0.1) is 0 Å². The van der Waals surface area contributed by atoms with Gasteiger partial charge in [0, 0.05) is 28.3 Å². The van der Waals surface area contributed by atoms with E-state index in [2.05, 4.69) is 15.9 Å². The number of fused-ring (bicyclic) bond motifs is 5. The predicted molar refractivity (Wildman–Crippen MR) is 127 cm³/mol. The van der Waals surface area contributed by atoms with E-state index in [1.807, 2.05) is 24.3 Å². The molecule has 0 spiro atoms. The van der Waals surface area contributed by atoms with Crippen LogP contribution in [-0.4, -0.2) is 31.9 Å². The minimum Gasteiger partial charge on any atom is -0.457 e. The van der Waals surface area contributed by atoms with Gasteiger partial charge in [-0.25, -0.2) is 9.78 Å². The number of pyridine rings is 2. The van der Waals surface area contributed by atoms with Gasteiger partial charge in [-0.15, -0.1) is 0 Å². The zero-order chi connectivity index (χ0) is 24.0. The molecule has 4 heterocycles. The molecule has 9 heteroatoms. The van der Waals surface area contributed by atoms with Crippen LogP contribution < -0.4 is 5.56 Å². The summed E-state index contributed by atoms with van der Waals surface area (Å²) in [5, 5.41) is 11.6. The Morgan fingerprint density at radius 2 is 2.09 bits per heavy atom. The Morgan fingerprint density at radius 1 is 1.29 bits per heavy atom. The number of carbonyl (C=O) groups is 2. The molecule has 0 radical (unpaired) electrons. The second-order valence-corrected chi connectivity index (χ2v) is 9.22. The molecule has 2 aliphatic heterocycles. The molecule has 1 aromatic carbocycles. The van der Waals surface area contributed by atoms with Crippen molar-refractivity contribution >= 4 is 38.8 Å². The van der Waals surface area contributed by atoms with Gasteiger partial charge in [0.2, 0.25) is 5.60 Å². The molecule has 176 valence electrons. The number of aliphatic hydroxyl groups excluding tert-OH is 1. The van der Waals surface area contributed by atoms with Gasteiger partial charge in [-0.2, -0.15) is 0 Å². The fraction of sp³-hybridized carbons (Fsp3) is 0.360. The van der Waals surface area contributed by atoms with Gasteiger partial charge in [0.25, 0.3) is 5.56 Å². The number of hydrogen-bond donors (Lipinski definition) is 1. The zero-order valence-electron chi connectivity index (χ0n) is 18.6. The molecule has 8 nitrogen and oxygen atoms in total. The maximum atomic E-state index is 13.6. The third-order valence-electron chi connectivity index (χ3n) is 6.64. The number of nitrogens with zero attached hydrogens (tertiary/aromatic N) is 2. The van der Waals surface area contributed by atoms with Crippen LogP contribution in [0.15, 0.2) is 35.1 Å². The third kappa shape index (κ3) is 3.29. The van der Waals surface area contributed by atoms with Gasteiger partial charge >= 0.3 is 11.9 Å². The molecule has 34 heavy (non-hydrogen) atoms. The molecular weight excluding hydrogens is 504 g/mol. The van der Waals surface area contributed by atoms with Gasteiger partial charge in [0.05, 0.1) is 35.6 Å². The second kappa shape index (κ2) is 8.63. The summed E-state index contributed by atoms with van der Waals surface area (Å²) >= 11 is 3.29. The van der Waals surface area contributed by atoms with E-state index in [4.69, 9.17) is 14.5 Å². The lowest BCUT2D eigenvalue weighted by molar-refractivity contribution is -0.189. The summed E-state index contributed by atoms with van der Waals surface area (Å²) in [6.07, 6.45) is 0.819. The van der Waals surface area contributed by atoms with Crippen LogP contribution in [0.5, 0.6) is 0 Å². The number of aromatic nitrogens is 2. The lowest BCUT2D eigenvalue weighted by Gasteiger charge is -2.35. The fourth-order valence-electron chi connectivity index (χ4n) is 4.91. The number of aliphatic hydroxyl groups is 1. The lowest BCUT2D eigenvalue weighted by atomic mass is 9.85. The molecule has 0 aliphatic carbocycles. The van der Waals surface area contributed by atoms with Crippen LogP contribution in [0.2, 0.25) is 0 Å². The Balaban J connectivity index is 1.72. The summed E-state index contributed by atoms with van der Waals surface area (Å²) in [6, 6.07) is 9.22. The van der Waals surface area contributed by atoms with Crippen molar-refractivity contribution < 1.29 is 24.2 Å². The van der Waals surface area contributed by atoms with E-state index in [0.29, 0.717) is 39.8 Å². The Bertz CT molecular complexity index is 1400. The average Bonchev–Trinajstić information content (AvgIpc) is 3.21. The Hall–Kier alpha value is -3.04. The van der Waals surface area contributed by atoms with Gasteiger partial charge in [0.1, 0.15) is 6.61 Å². The first-order chi connectivity index (χ1) is 16.4. The molecular formula is C25H23BrN2O6. The summed E-state index contributed by atoms with van der Waals surface area (Å²) < 4.78 is 12.7. The van der Waals surface area contributed by atoms with Gasteiger partial charge < -0.3 is 19.1 Å². The molecule has 0 fully saturated rings. The van der Waals surface area contributed by atoms with Crippen molar-refractivity contribution in [2.45, 2.75) is 51.5 Å². The number of ether oxygens (including phenoxy) is 2. The smallest absolute Gasteiger partial charge is 0.355 e. The van der Waals surface area contributed by atoms with Gasteiger partial charge in [-0.05, 0) is 30.5 Å². The molecule has 3 aromatic rings. The quantitative estimate of drug-likeness (QED) is 0.303. The van der Waals surface area contributed by atoms with Crippen LogP contribution in [-0.2, 0) is 44.4 Å². The number of cyclic esters (lactones) is 1. The first kappa shape index (κ1) is 22.7. The van der Waals surface area contributed by atoms with E-state index < -0.39 is 17.5 Å². The summed E-state index contributed by atoms with van der Waals surface area (Å²) in [4.78, 5) is 43.9. The Morgan fingerprint density at radius 3 is 2.82 bits per heavy atom. The van der Waals surface area contributed by atoms with Crippen LogP contribution in [0.25, 0.3) is 22.3 Å². The molecule has 1 atom stereocenters. The van der Waals surface area contributed by atoms with Gasteiger partial charge in [0.15, 0.2) is 0 Å². The standard InChI is InChI=1S/C25H23BrN2O6/c1-2-25(34-21(30)8-5-9-26)18-10-20-22-15(11-28(20)23(31)17(18)13-33-24(25)32)16(12-29)14-6-3-4-7-19(14)27-22/h3-4,6-7,10,29H,2,5,8-9,11-13H2,1H3/t25-/m0/s1. The molecule has 0 unspecified atom stereocenters. The van der Waals surface area contributed by atoms with E-state index in [0.717, 1.165) is 16.5 Å². The van der Waals surface area contributed by atoms with Crippen molar-refractivity contribution in [2.24, 2.45) is 0 Å². The van der Waals surface area contributed by atoms with Crippen molar-refractivity contribution in [2.75, 3.05) is 5.33 Å². The summed E-state index contributed by atoms with van der Waals surface area (Å²) in [7, 11) is 0. The SMILES string of the molecule is CC[C@@]1(OC(=O)CCCBr)C(=O)OCc2c1cc1n(c2=O)Cc2c-1nc1ccccc1c2CO. The summed E-state index contributed by atoms with van der Waals surface area (Å²) in [5.41, 5.74) is 1.93. The van der Waals surface area contributed by atoms with E-state index in [9.17, 15) is 19.5 Å². The van der Waals surface area contributed by atoms with Crippen LogP contribution in [0.1, 0.15) is 48.4 Å². The first-order valence-electron chi connectivity index (χ1n) is 11.2. The Kier molecular flexibility index (Phi) is 5.77. The van der Waals surface area contributed by atoms with E-state index in [1.54, 1.807) is 17.6 Å². The number of alkyl halides is 1.